The van der Waals surface area contributed by atoms with Crippen LogP contribution >= 0.6 is 11.6 Å². The number of nitrogens with one attached hydrogen (secondary N) is 1. The van der Waals surface area contributed by atoms with Gasteiger partial charge in [-0.1, -0.05) is 11.6 Å². The smallest absolute Gasteiger partial charge is 0.300 e. The van der Waals surface area contributed by atoms with Crippen LogP contribution in [-0.4, -0.2) is 40.9 Å². The van der Waals surface area contributed by atoms with Crippen molar-refractivity contribution in [2.75, 3.05) is 13.2 Å². The van der Waals surface area contributed by atoms with Crippen molar-refractivity contribution in [1.29, 1.82) is 0 Å². The molecule has 1 fully saturated rings. The predicted octanol–water partition coefficient (Wildman–Crippen LogP) is 1.52. The van der Waals surface area contributed by atoms with Crippen LogP contribution < -0.4 is 5.32 Å². The zero-order chi connectivity index (χ0) is 15.6. The van der Waals surface area contributed by atoms with E-state index in [2.05, 4.69) is 10.3 Å². The second-order valence-corrected chi connectivity index (χ2v) is 5.33. The lowest BCUT2D eigenvalue weighted by atomic mass is 10.2. The van der Waals surface area contributed by atoms with Gasteiger partial charge in [-0.3, -0.25) is 14.9 Å². The van der Waals surface area contributed by atoms with Crippen molar-refractivity contribution in [3.63, 3.8) is 0 Å². The molecule has 1 aliphatic heterocycles. The Morgan fingerprint density at radius 2 is 2.38 bits per heavy atom. The molecule has 1 aromatic rings. The first-order valence-corrected chi connectivity index (χ1v) is 6.56. The SMILES string of the molecule is CC1(C)OCC(CNC(=O)c2cc(Cl)ncc2[N+](=O)[O-])O1. The number of ether oxygens (including phenoxy) is 2. The molecule has 0 radical (unpaired) electrons. The molecule has 1 aliphatic rings. The van der Waals surface area contributed by atoms with Gasteiger partial charge in [0.25, 0.3) is 11.6 Å². The molecule has 1 saturated heterocycles. The molecule has 2 rings (SSSR count). The molecule has 0 saturated carbocycles. The number of aromatic nitrogens is 1. The quantitative estimate of drug-likeness (QED) is 0.513. The van der Waals surface area contributed by atoms with Crippen molar-refractivity contribution in [3.8, 4) is 0 Å². The summed E-state index contributed by atoms with van der Waals surface area (Å²) in [6.07, 6.45) is 0.649. The zero-order valence-corrected chi connectivity index (χ0v) is 12.2. The molecular formula is C12H14ClN3O5. The zero-order valence-electron chi connectivity index (χ0n) is 11.5. The van der Waals surface area contributed by atoms with Gasteiger partial charge in [-0.05, 0) is 19.9 Å². The Morgan fingerprint density at radius 1 is 1.67 bits per heavy atom. The maximum Gasteiger partial charge on any atom is 0.300 e. The number of hydrogen-bond donors (Lipinski definition) is 1. The van der Waals surface area contributed by atoms with E-state index in [4.69, 9.17) is 21.1 Å². The van der Waals surface area contributed by atoms with E-state index in [-0.39, 0.29) is 23.4 Å². The van der Waals surface area contributed by atoms with Crippen LogP contribution in [0.15, 0.2) is 12.3 Å². The largest absolute Gasteiger partial charge is 0.349 e. The Labute approximate surface area is 125 Å². The molecule has 2 heterocycles. The highest BCUT2D eigenvalue weighted by molar-refractivity contribution is 6.29. The Hall–Kier alpha value is -1.77. The lowest BCUT2D eigenvalue weighted by molar-refractivity contribution is -0.385. The normalized spacial score (nSPS) is 20.2. The highest BCUT2D eigenvalue weighted by Crippen LogP contribution is 2.23. The highest BCUT2D eigenvalue weighted by Gasteiger charge is 2.33. The number of pyridine rings is 1. The van der Waals surface area contributed by atoms with Crippen LogP contribution in [0.4, 0.5) is 5.69 Å². The number of nitrogens with zero attached hydrogens (tertiary/aromatic N) is 2. The summed E-state index contributed by atoms with van der Waals surface area (Å²) in [5.41, 5.74) is -0.543. The predicted molar refractivity (Wildman–Crippen MR) is 73.1 cm³/mol. The summed E-state index contributed by atoms with van der Waals surface area (Å²) in [7, 11) is 0. The molecule has 1 atom stereocenters. The summed E-state index contributed by atoms with van der Waals surface area (Å²) in [6, 6.07) is 1.16. The summed E-state index contributed by atoms with van der Waals surface area (Å²) in [5, 5.41) is 13.5. The first-order chi connectivity index (χ1) is 9.78. The number of rotatable bonds is 4. The number of nitro groups is 1. The van der Waals surface area contributed by atoms with Gasteiger partial charge < -0.3 is 14.8 Å². The molecule has 1 amide bonds. The summed E-state index contributed by atoms with van der Waals surface area (Å²) in [4.78, 5) is 25.8. The van der Waals surface area contributed by atoms with Gasteiger partial charge in [-0.25, -0.2) is 4.98 Å². The molecule has 21 heavy (non-hydrogen) atoms. The number of hydrogen-bond acceptors (Lipinski definition) is 6. The van der Waals surface area contributed by atoms with E-state index in [0.717, 1.165) is 12.3 Å². The van der Waals surface area contributed by atoms with Gasteiger partial charge >= 0.3 is 0 Å². The molecule has 8 nitrogen and oxygen atoms in total. The second kappa shape index (κ2) is 5.92. The van der Waals surface area contributed by atoms with Gasteiger partial charge in [-0.2, -0.15) is 0 Å². The van der Waals surface area contributed by atoms with Crippen LogP contribution in [0.2, 0.25) is 5.15 Å². The minimum atomic E-state index is -0.693. The summed E-state index contributed by atoms with van der Waals surface area (Å²) in [6.45, 7) is 4.05. The molecule has 0 aliphatic carbocycles. The van der Waals surface area contributed by atoms with Crippen LogP contribution in [0.25, 0.3) is 0 Å². The average molecular weight is 316 g/mol. The fraction of sp³-hybridized carbons (Fsp3) is 0.500. The van der Waals surface area contributed by atoms with E-state index in [1.807, 2.05) is 0 Å². The molecule has 9 heteroatoms. The van der Waals surface area contributed by atoms with E-state index in [0.29, 0.717) is 6.61 Å². The van der Waals surface area contributed by atoms with E-state index < -0.39 is 22.3 Å². The third kappa shape index (κ3) is 3.87. The Bertz CT molecular complexity index is 578. The summed E-state index contributed by atoms with van der Waals surface area (Å²) in [5.74, 6) is -1.30. The third-order valence-corrected chi connectivity index (χ3v) is 3.06. The Kier molecular flexibility index (Phi) is 4.40. The van der Waals surface area contributed by atoms with Gasteiger partial charge in [0, 0.05) is 6.54 Å². The minimum absolute atomic E-state index is 0.00679. The van der Waals surface area contributed by atoms with E-state index in [1.165, 1.54) is 0 Å². The molecule has 1 aromatic heterocycles. The average Bonchev–Trinajstić information content (AvgIpc) is 2.75. The second-order valence-electron chi connectivity index (χ2n) is 4.94. The Morgan fingerprint density at radius 3 is 2.95 bits per heavy atom. The number of carbonyl (C=O) groups is 1. The molecular weight excluding hydrogens is 302 g/mol. The standard InChI is InChI=1S/C12H14ClN3O5/c1-12(2)20-6-7(21-12)4-15-11(17)8-3-10(13)14-5-9(8)16(18)19/h3,5,7H,4,6H2,1-2H3,(H,15,17). The van der Waals surface area contributed by atoms with Gasteiger partial charge in [0.15, 0.2) is 5.79 Å². The van der Waals surface area contributed by atoms with Crippen LogP contribution in [-0.2, 0) is 9.47 Å². The van der Waals surface area contributed by atoms with Crippen LogP contribution in [0.1, 0.15) is 24.2 Å². The van der Waals surface area contributed by atoms with Gasteiger partial charge in [0.2, 0.25) is 0 Å². The lowest BCUT2D eigenvalue weighted by Crippen LogP contribution is -2.34. The van der Waals surface area contributed by atoms with Gasteiger partial charge in [-0.15, -0.1) is 0 Å². The summed E-state index contributed by atoms with van der Waals surface area (Å²) >= 11 is 5.67. The van der Waals surface area contributed by atoms with E-state index in [1.54, 1.807) is 13.8 Å². The van der Waals surface area contributed by atoms with Gasteiger partial charge in [0.1, 0.15) is 23.0 Å². The van der Waals surface area contributed by atoms with Crippen molar-refractivity contribution in [1.82, 2.24) is 10.3 Å². The number of carbonyl (C=O) groups excluding carboxylic acids is 1. The van der Waals surface area contributed by atoms with Crippen LogP contribution in [0, 0.1) is 10.1 Å². The first-order valence-electron chi connectivity index (χ1n) is 6.18. The monoisotopic (exact) mass is 315 g/mol. The molecule has 114 valence electrons. The highest BCUT2D eigenvalue weighted by atomic mass is 35.5. The van der Waals surface area contributed by atoms with Crippen LogP contribution in [0.3, 0.4) is 0 Å². The van der Waals surface area contributed by atoms with E-state index >= 15 is 0 Å². The van der Waals surface area contributed by atoms with Crippen molar-refractivity contribution in [2.45, 2.75) is 25.7 Å². The first kappa shape index (κ1) is 15.6. The molecule has 0 spiro atoms. The minimum Gasteiger partial charge on any atom is -0.349 e. The van der Waals surface area contributed by atoms with Crippen molar-refractivity contribution in [3.05, 3.63) is 33.1 Å². The maximum absolute atomic E-state index is 12.0. The fourth-order valence-corrected chi connectivity index (χ4v) is 2.07. The molecule has 1 N–H and O–H groups in total. The maximum atomic E-state index is 12.0. The number of halogens is 1. The van der Waals surface area contributed by atoms with E-state index in [9.17, 15) is 14.9 Å². The molecule has 1 unspecified atom stereocenters. The third-order valence-electron chi connectivity index (χ3n) is 2.85. The summed E-state index contributed by atoms with van der Waals surface area (Å²) < 4.78 is 10.9. The van der Waals surface area contributed by atoms with Crippen molar-refractivity contribution >= 4 is 23.2 Å². The van der Waals surface area contributed by atoms with Gasteiger partial charge in [0.05, 0.1) is 11.5 Å². The van der Waals surface area contributed by atoms with Crippen molar-refractivity contribution in [2.24, 2.45) is 0 Å². The molecule has 0 aromatic carbocycles. The Balaban J connectivity index is 2.04. The number of amides is 1. The van der Waals surface area contributed by atoms with Crippen molar-refractivity contribution < 1.29 is 19.2 Å². The van der Waals surface area contributed by atoms with Crippen LogP contribution in [0.5, 0.6) is 0 Å². The lowest BCUT2D eigenvalue weighted by Gasteiger charge is -2.17. The fourth-order valence-electron chi connectivity index (χ4n) is 1.92. The topological polar surface area (TPSA) is 104 Å². The molecule has 0 bridgehead atoms.